The summed E-state index contributed by atoms with van der Waals surface area (Å²) in [6, 6.07) is 13.0. The molecule has 3 atom stereocenters. The molecule has 166 valence electrons. The van der Waals surface area contributed by atoms with Gasteiger partial charge >= 0.3 is 12.1 Å². The Hall–Kier alpha value is -2.58. The number of fused-ring (bicyclic) bond motifs is 1. The average molecular weight is 434 g/mol. The number of ether oxygens (including phenoxy) is 2. The number of rotatable bonds is 5. The third-order valence-electron chi connectivity index (χ3n) is 6.16. The normalized spacial score (nSPS) is 25.8. The Morgan fingerprint density at radius 1 is 1.26 bits per heavy atom. The number of carbonyl (C=O) groups is 1. The van der Waals surface area contributed by atoms with Crippen LogP contribution >= 0.6 is 0 Å². The van der Waals surface area contributed by atoms with Gasteiger partial charge in [0.05, 0.1) is 12.7 Å². The van der Waals surface area contributed by atoms with Crippen LogP contribution in [-0.2, 0) is 16.9 Å². The zero-order chi connectivity index (χ0) is 22.2. The summed E-state index contributed by atoms with van der Waals surface area (Å²) in [7, 11) is 1.43. The number of hydrogen-bond donors (Lipinski definition) is 2. The number of cyclic esters (lactones) is 1. The Labute approximate surface area is 178 Å². The van der Waals surface area contributed by atoms with Crippen LogP contribution in [0.2, 0.25) is 0 Å². The van der Waals surface area contributed by atoms with Crippen molar-refractivity contribution in [1.82, 2.24) is 10.6 Å². The molecule has 1 fully saturated rings. The molecule has 0 spiro atoms. The maximum Gasteiger partial charge on any atom is 0.432 e. The van der Waals surface area contributed by atoms with Crippen molar-refractivity contribution in [1.29, 1.82) is 0 Å². The largest absolute Gasteiger partial charge is 0.496 e. The summed E-state index contributed by atoms with van der Waals surface area (Å²) in [4.78, 5) is 12.1. The Morgan fingerprint density at radius 3 is 2.68 bits per heavy atom. The molecule has 5 nitrogen and oxygen atoms in total. The van der Waals surface area contributed by atoms with Gasteiger partial charge in [0.1, 0.15) is 5.75 Å². The molecule has 0 aliphatic carbocycles. The molecule has 2 aliphatic heterocycles. The van der Waals surface area contributed by atoms with E-state index in [9.17, 15) is 18.0 Å². The van der Waals surface area contributed by atoms with Crippen molar-refractivity contribution >= 4 is 5.97 Å². The van der Waals surface area contributed by atoms with E-state index in [4.69, 9.17) is 9.47 Å². The minimum absolute atomic E-state index is 0.0979. The highest BCUT2D eigenvalue weighted by atomic mass is 19.4. The third-order valence-corrected chi connectivity index (χ3v) is 6.16. The van der Waals surface area contributed by atoms with Crippen molar-refractivity contribution in [3.05, 3.63) is 64.7 Å². The quantitative estimate of drug-likeness (QED) is 0.690. The lowest BCUT2D eigenvalue weighted by atomic mass is 9.90. The van der Waals surface area contributed by atoms with Crippen LogP contribution in [0.1, 0.15) is 52.9 Å². The molecule has 2 aromatic carbocycles. The molecule has 1 saturated heterocycles. The van der Waals surface area contributed by atoms with Crippen LogP contribution in [0, 0.1) is 0 Å². The van der Waals surface area contributed by atoms with Crippen LogP contribution in [-0.4, -0.2) is 31.8 Å². The Kier molecular flexibility index (Phi) is 5.70. The number of benzene rings is 2. The lowest BCUT2D eigenvalue weighted by molar-refractivity contribution is -0.253. The lowest BCUT2D eigenvalue weighted by Crippen LogP contribution is -2.45. The van der Waals surface area contributed by atoms with E-state index in [-0.39, 0.29) is 23.2 Å². The second kappa shape index (κ2) is 8.16. The Bertz CT molecular complexity index is 965. The predicted octanol–water partition coefficient (Wildman–Crippen LogP) is 4.23. The molecule has 0 unspecified atom stereocenters. The molecule has 0 radical (unpaired) electrons. The predicted molar refractivity (Wildman–Crippen MR) is 109 cm³/mol. The number of halogens is 3. The van der Waals surface area contributed by atoms with Crippen molar-refractivity contribution in [3.63, 3.8) is 0 Å². The number of esters is 1. The van der Waals surface area contributed by atoms with Crippen LogP contribution in [0.4, 0.5) is 13.2 Å². The highest BCUT2D eigenvalue weighted by molar-refractivity contribution is 5.95. The van der Waals surface area contributed by atoms with E-state index in [0.717, 1.165) is 31.9 Å². The first-order chi connectivity index (χ1) is 14.7. The van der Waals surface area contributed by atoms with Crippen LogP contribution in [0.15, 0.2) is 42.5 Å². The monoisotopic (exact) mass is 434 g/mol. The molecule has 4 rings (SSSR count). The minimum Gasteiger partial charge on any atom is -0.496 e. The van der Waals surface area contributed by atoms with Crippen LogP contribution in [0.25, 0.3) is 0 Å². The molecule has 2 heterocycles. The van der Waals surface area contributed by atoms with Crippen molar-refractivity contribution in [2.45, 2.75) is 50.2 Å². The van der Waals surface area contributed by atoms with Crippen molar-refractivity contribution in [2.75, 3.05) is 13.7 Å². The molecular formula is C23H25F3N2O3. The number of nitrogens with one attached hydrogen (secondary N) is 2. The number of methoxy groups -OCH3 is 1. The summed E-state index contributed by atoms with van der Waals surface area (Å²) >= 11 is 0. The minimum atomic E-state index is -4.72. The van der Waals surface area contributed by atoms with E-state index >= 15 is 0 Å². The lowest BCUT2D eigenvalue weighted by Gasteiger charge is -2.34. The van der Waals surface area contributed by atoms with Gasteiger partial charge in [-0.15, -0.1) is 0 Å². The third kappa shape index (κ3) is 3.90. The van der Waals surface area contributed by atoms with Crippen LogP contribution < -0.4 is 15.4 Å². The van der Waals surface area contributed by atoms with Gasteiger partial charge in [0.2, 0.25) is 5.60 Å². The molecule has 0 aromatic heterocycles. The fraction of sp³-hybridized carbons (Fsp3) is 0.435. The van der Waals surface area contributed by atoms with E-state index in [0.29, 0.717) is 17.9 Å². The topological polar surface area (TPSA) is 59.6 Å². The fourth-order valence-corrected chi connectivity index (χ4v) is 4.38. The fourth-order valence-electron chi connectivity index (χ4n) is 4.38. The van der Waals surface area contributed by atoms with E-state index < -0.39 is 17.7 Å². The molecule has 2 aliphatic rings. The molecule has 8 heteroatoms. The van der Waals surface area contributed by atoms with Gasteiger partial charge in [-0.1, -0.05) is 30.3 Å². The highest BCUT2D eigenvalue weighted by Crippen LogP contribution is 2.49. The highest BCUT2D eigenvalue weighted by Gasteiger charge is 2.60. The molecule has 0 bridgehead atoms. The summed E-state index contributed by atoms with van der Waals surface area (Å²) in [5, 5.41) is 7.00. The van der Waals surface area contributed by atoms with E-state index in [1.807, 2.05) is 18.2 Å². The van der Waals surface area contributed by atoms with Gasteiger partial charge in [0.25, 0.3) is 0 Å². The number of hydrogen-bond acceptors (Lipinski definition) is 5. The summed E-state index contributed by atoms with van der Waals surface area (Å²) in [6.45, 7) is 2.09. The van der Waals surface area contributed by atoms with Gasteiger partial charge in [-0.25, -0.2) is 4.79 Å². The van der Waals surface area contributed by atoms with Crippen molar-refractivity contribution < 1.29 is 27.4 Å². The van der Waals surface area contributed by atoms with Crippen LogP contribution in [0.3, 0.4) is 0 Å². The standard InChI is InChI=1S/C23H25F3N2O3/c1-22(23(24,25)26)17-11-15(19(30-2)12-16(17)21(29)31-22)13-28-18-9-6-10-27-20(18)14-7-4-3-5-8-14/h3-5,7-8,11-12,18,20,27-28H,6,9-10,13H2,1-2H3/t18-,20-,22+/m0/s1. The summed E-state index contributed by atoms with van der Waals surface area (Å²) < 4.78 is 51.2. The molecular weight excluding hydrogens is 409 g/mol. The molecule has 2 aromatic rings. The van der Waals surface area contributed by atoms with E-state index in [2.05, 4.69) is 22.8 Å². The smallest absolute Gasteiger partial charge is 0.432 e. The number of piperidine rings is 1. The van der Waals surface area contributed by atoms with Gasteiger partial charge in [-0.3, -0.25) is 0 Å². The second-order valence-electron chi connectivity index (χ2n) is 8.10. The van der Waals surface area contributed by atoms with Gasteiger partial charge in [-0.2, -0.15) is 13.2 Å². The Morgan fingerprint density at radius 2 is 2.00 bits per heavy atom. The van der Waals surface area contributed by atoms with E-state index in [1.54, 1.807) is 0 Å². The SMILES string of the molecule is COc1cc2c(cc1CN[C@H]1CCCN[C@H]1c1ccccc1)[C@](C)(C(F)(F)F)OC2=O. The first kappa shape index (κ1) is 21.6. The van der Waals surface area contributed by atoms with Gasteiger partial charge in [-0.05, 0) is 44.0 Å². The van der Waals surface area contributed by atoms with Gasteiger partial charge in [0.15, 0.2) is 0 Å². The molecule has 0 amide bonds. The maximum absolute atomic E-state index is 13.7. The first-order valence-electron chi connectivity index (χ1n) is 10.3. The van der Waals surface area contributed by atoms with Crippen molar-refractivity contribution in [3.8, 4) is 5.75 Å². The zero-order valence-corrected chi connectivity index (χ0v) is 17.4. The maximum atomic E-state index is 13.7. The van der Waals surface area contributed by atoms with Crippen LogP contribution in [0.5, 0.6) is 5.75 Å². The zero-order valence-electron chi connectivity index (χ0n) is 17.4. The second-order valence-corrected chi connectivity index (χ2v) is 8.10. The summed E-state index contributed by atoms with van der Waals surface area (Å²) in [6.07, 6.45) is -2.79. The van der Waals surface area contributed by atoms with Crippen molar-refractivity contribution in [2.24, 2.45) is 0 Å². The van der Waals surface area contributed by atoms with E-state index in [1.165, 1.54) is 19.2 Å². The average Bonchev–Trinajstić information content (AvgIpc) is 3.02. The molecule has 31 heavy (non-hydrogen) atoms. The number of carbonyl (C=O) groups excluding carboxylic acids is 1. The Balaban J connectivity index is 1.61. The van der Waals surface area contributed by atoms with Gasteiger partial charge < -0.3 is 20.1 Å². The van der Waals surface area contributed by atoms with Gasteiger partial charge in [0, 0.05) is 29.8 Å². The molecule has 0 saturated carbocycles. The summed E-state index contributed by atoms with van der Waals surface area (Å²) in [5.74, 6) is -0.636. The first-order valence-corrected chi connectivity index (χ1v) is 10.3. The number of alkyl halides is 3. The molecule has 2 N–H and O–H groups in total. The summed E-state index contributed by atoms with van der Waals surface area (Å²) in [5.41, 5.74) is -1.25.